The van der Waals surface area contributed by atoms with Gasteiger partial charge in [-0.3, -0.25) is 4.79 Å². The van der Waals surface area contributed by atoms with Gasteiger partial charge >= 0.3 is 0 Å². The molecule has 0 fully saturated rings. The van der Waals surface area contributed by atoms with Crippen LogP contribution < -0.4 is 14.4 Å². The third kappa shape index (κ3) is 4.53. The maximum absolute atomic E-state index is 11.6. The summed E-state index contributed by atoms with van der Waals surface area (Å²) in [6, 6.07) is 13.8. The monoisotopic (exact) mass is 339 g/mol. The summed E-state index contributed by atoms with van der Waals surface area (Å²) in [7, 11) is 0. The van der Waals surface area contributed by atoms with Crippen LogP contribution in [0.3, 0.4) is 0 Å². The largest absolute Gasteiger partial charge is 0.494 e. The molecule has 0 spiro atoms. The van der Waals surface area contributed by atoms with Crippen molar-refractivity contribution in [2.45, 2.75) is 26.7 Å². The molecule has 1 heterocycles. The first-order valence-electron chi connectivity index (χ1n) is 8.86. The van der Waals surface area contributed by atoms with E-state index >= 15 is 0 Å². The van der Waals surface area contributed by atoms with Crippen molar-refractivity contribution in [2.24, 2.45) is 0 Å². The van der Waals surface area contributed by atoms with Gasteiger partial charge in [-0.1, -0.05) is 17.7 Å². The lowest BCUT2D eigenvalue weighted by molar-refractivity contribution is 0.101. The molecule has 132 valence electrons. The summed E-state index contributed by atoms with van der Waals surface area (Å²) in [6.07, 6.45) is 2.03. The predicted molar refractivity (Wildman–Crippen MR) is 100 cm³/mol. The number of carbonyl (C=O) groups excluding carboxylic acids is 1. The number of ether oxygens (including phenoxy) is 2. The molecule has 0 bridgehead atoms. The fourth-order valence-corrected chi connectivity index (χ4v) is 2.95. The third-order valence-electron chi connectivity index (χ3n) is 4.44. The van der Waals surface area contributed by atoms with Crippen LogP contribution in [0.25, 0.3) is 0 Å². The maximum atomic E-state index is 11.6. The highest BCUT2D eigenvalue weighted by atomic mass is 16.5. The zero-order valence-electron chi connectivity index (χ0n) is 15.0. The van der Waals surface area contributed by atoms with Crippen molar-refractivity contribution in [1.29, 1.82) is 0 Å². The average Bonchev–Trinajstić information content (AvgIpc) is 2.62. The van der Waals surface area contributed by atoms with E-state index in [4.69, 9.17) is 9.47 Å². The Morgan fingerprint density at radius 1 is 1.16 bits per heavy atom. The summed E-state index contributed by atoms with van der Waals surface area (Å²) in [4.78, 5) is 13.9. The van der Waals surface area contributed by atoms with E-state index in [-0.39, 0.29) is 5.78 Å². The van der Waals surface area contributed by atoms with Gasteiger partial charge in [-0.05, 0) is 57.0 Å². The highest BCUT2D eigenvalue weighted by molar-refractivity contribution is 5.95. The molecular weight excluding hydrogens is 314 g/mol. The van der Waals surface area contributed by atoms with Gasteiger partial charge in [-0.25, -0.2) is 0 Å². The van der Waals surface area contributed by atoms with Crippen molar-refractivity contribution < 1.29 is 14.3 Å². The molecule has 0 saturated heterocycles. The molecule has 2 aromatic rings. The number of Topliss-reactive ketones (excluding diaryl/α,β-unsaturated/α-hetero) is 1. The number of unbranched alkanes of at least 4 members (excludes halogenated alkanes) is 1. The zero-order valence-corrected chi connectivity index (χ0v) is 15.0. The number of hydrogen-bond acceptors (Lipinski definition) is 4. The molecule has 3 rings (SSSR count). The van der Waals surface area contributed by atoms with Crippen molar-refractivity contribution in [1.82, 2.24) is 0 Å². The summed E-state index contributed by atoms with van der Waals surface area (Å²) < 4.78 is 11.5. The van der Waals surface area contributed by atoms with E-state index in [1.807, 2.05) is 30.3 Å². The smallest absolute Gasteiger partial charge is 0.159 e. The molecule has 1 aliphatic rings. The van der Waals surface area contributed by atoms with Gasteiger partial charge < -0.3 is 14.4 Å². The van der Waals surface area contributed by atoms with E-state index < -0.39 is 0 Å². The van der Waals surface area contributed by atoms with Crippen LogP contribution in [0.2, 0.25) is 0 Å². The van der Waals surface area contributed by atoms with Gasteiger partial charge in [0.05, 0.1) is 18.8 Å². The second-order valence-corrected chi connectivity index (χ2v) is 6.44. The Kier molecular flexibility index (Phi) is 5.59. The lowest BCUT2D eigenvalue weighted by Crippen LogP contribution is -2.33. The summed E-state index contributed by atoms with van der Waals surface area (Å²) >= 11 is 0. The molecular formula is C21H25NO3. The van der Waals surface area contributed by atoms with Crippen LogP contribution in [0.15, 0.2) is 42.5 Å². The van der Waals surface area contributed by atoms with Crippen LogP contribution >= 0.6 is 0 Å². The second kappa shape index (κ2) is 8.06. The van der Waals surface area contributed by atoms with Crippen LogP contribution in [0, 0.1) is 6.92 Å². The Labute approximate surface area is 149 Å². The van der Waals surface area contributed by atoms with Crippen molar-refractivity contribution in [3.05, 3.63) is 53.6 Å². The predicted octanol–water partition coefficient (Wildman–Crippen LogP) is 4.26. The molecule has 4 nitrogen and oxygen atoms in total. The number of aryl methyl sites for hydroxylation is 1. The minimum Gasteiger partial charge on any atom is -0.494 e. The van der Waals surface area contributed by atoms with Crippen LogP contribution in [0.1, 0.15) is 35.7 Å². The van der Waals surface area contributed by atoms with E-state index in [0.717, 1.165) is 48.7 Å². The topological polar surface area (TPSA) is 38.8 Å². The minimum absolute atomic E-state index is 0.0832. The number of anilines is 1. The van der Waals surface area contributed by atoms with E-state index in [9.17, 15) is 4.79 Å². The average molecular weight is 339 g/mol. The number of rotatable bonds is 7. The van der Waals surface area contributed by atoms with Crippen molar-refractivity contribution in [3.63, 3.8) is 0 Å². The lowest BCUT2D eigenvalue weighted by Gasteiger charge is -2.31. The Balaban J connectivity index is 1.50. The zero-order chi connectivity index (χ0) is 17.6. The number of nitrogens with zero attached hydrogens (tertiary/aromatic N) is 1. The van der Waals surface area contributed by atoms with E-state index in [0.29, 0.717) is 13.2 Å². The fraction of sp³-hybridized carbons (Fsp3) is 0.381. The van der Waals surface area contributed by atoms with Crippen LogP contribution in [-0.2, 0) is 0 Å². The molecule has 4 heteroatoms. The Hall–Kier alpha value is -2.49. The highest BCUT2D eigenvalue weighted by Gasteiger charge is 2.18. The Morgan fingerprint density at radius 3 is 2.72 bits per heavy atom. The maximum Gasteiger partial charge on any atom is 0.159 e. The van der Waals surface area contributed by atoms with Crippen LogP contribution in [0.5, 0.6) is 11.5 Å². The lowest BCUT2D eigenvalue weighted by atomic mass is 10.1. The molecule has 0 aromatic heterocycles. The van der Waals surface area contributed by atoms with Gasteiger partial charge in [-0.15, -0.1) is 0 Å². The normalized spacial score (nSPS) is 13.1. The van der Waals surface area contributed by atoms with E-state index in [1.165, 1.54) is 5.56 Å². The van der Waals surface area contributed by atoms with Crippen molar-refractivity contribution in [2.75, 3.05) is 31.2 Å². The molecule has 0 aliphatic carbocycles. The van der Waals surface area contributed by atoms with Gasteiger partial charge in [-0.2, -0.15) is 0 Å². The molecule has 0 amide bonds. The SMILES string of the molecule is CC(=O)c1ccc2c(c1)N(CCCCOc1ccc(C)cc1)CCO2. The van der Waals surface area contributed by atoms with Crippen LogP contribution in [0.4, 0.5) is 5.69 Å². The molecule has 2 aromatic carbocycles. The van der Waals surface area contributed by atoms with E-state index in [1.54, 1.807) is 6.92 Å². The molecule has 25 heavy (non-hydrogen) atoms. The number of benzene rings is 2. The quantitative estimate of drug-likeness (QED) is 0.558. The second-order valence-electron chi connectivity index (χ2n) is 6.44. The summed E-state index contributed by atoms with van der Waals surface area (Å²) in [5.41, 5.74) is 3.00. The van der Waals surface area contributed by atoms with Gasteiger partial charge in [0, 0.05) is 12.1 Å². The molecule has 0 unspecified atom stereocenters. The Bertz CT molecular complexity index is 724. The first-order chi connectivity index (χ1) is 12.1. The standard InChI is InChI=1S/C21H25NO3/c1-16-5-8-19(9-6-16)24-13-4-3-11-22-12-14-25-21-10-7-18(17(2)23)15-20(21)22/h5-10,15H,3-4,11-14H2,1-2H3. The molecule has 0 atom stereocenters. The van der Waals surface area contributed by atoms with Gasteiger partial charge in [0.15, 0.2) is 5.78 Å². The van der Waals surface area contributed by atoms with Crippen molar-refractivity contribution >= 4 is 11.5 Å². The minimum atomic E-state index is 0.0832. The third-order valence-corrected chi connectivity index (χ3v) is 4.44. The number of hydrogen-bond donors (Lipinski definition) is 0. The number of carbonyl (C=O) groups is 1. The van der Waals surface area contributed by atoms with Gasteiger partial charge in [0.25, 0.3) is 0 Å². The fourth-order valence-electron chi connectivity index (χ4n) is 2.95. The van der Waals surface area contributed by atoms with Crippen molar-refractivity contribution in [3.8, 4) is 11.5 Å². The molecule has 1 aliphatic heterocycles. The van der Waals surface area contributed by atoms with E-state index in [2.05, 4.69) is 24.0 Å². The molecule has 0 N–H and O–H groups in total. The summed E-state index contributed by atoms with van der Waals surface area (Å²) in [5, 5.41) is 0. The highest BCUT2D eigenvalue weighted by Crippen LogP contribution is 2.32. The number of ketones is 1. The Morgan fingerprint density at radius 2 is 1.96 bits per heavy atom. The first-order valence-corrected chi connectivity index (χ1v) is 8.86. The molecule has 0 saturated carbocycles. The van der Waals surface area contributed by atoms with Gasteiger partial charge in [0.1, 0.15) is 18.1 Å². The van der Waals surface area contributed by atoms with Gasteiger partial charge in [0.2, 0.25) is 0 Å². The first kappa shape index (κ1) is 17.3. The number of fused-ring (bicyclic) bond motifs is 1. The molecule has 0 radical (unpaired) electrons. The summed E-state index contributed by atoms with van der Waals surface area (Å²) in [5.74, 6) is 1.88. The summed E-state index contributed by atoms with van der Waals surface area (Å²) in [6.45, 7) is 6.86. The van der Waals surface area contributed by atoms with Crippen LogP contribution in [-0.4, -0.2) is 32.1 Å².